The number of ether oxygens (including phenoxy) is 1. The molecule has 0 saturated carbocycles. The maximum atomic E-state index is 12.8. The van der Waals surface area contributed by atoms with E-state index in [1.165, 1.54) is 0 Å². The first-order valence-corrected chi connectivity index (χ1v) is 7.13. The van der Waals surface area contributed by atoms with Crippen molar-refractivity contribution >= 4 is 11.6 Å². The highest BCUT2D eigenvalue weighted by molar-refractivity contribution is 5.95. The van der Waals surface area contributed by atoms with Crippen molar-refractivity contribution in [3.05, 3.63) is 30.3 Å². The Bertz CT molecular complexity index is 481. The maximum Gasteiger partial charge on any atom is 0.232 e. The van der Waals surface area contributed by atoms with Crippen LogP contribution in [0.25, 0.3) is 0 Å². The average Bonchev–Trinajstić information content (AvgIpc) is 2.97. The zero-order valence-electron chi connectivity index (χ0n) is 11.8. The molecular weight excluding hydrogens is 252 g/mol. The molecule has 1 fully saturated rings. The molecule has 2 rings (SSSR count). The highest BCUT2D eigenvalue weighted by Crippen LogP contribution is 2.27. The van der Waals surface area contributed by atoms with Gasteiger partial charge in [-0.15, -0.1) is 0 Å². The molecule has 1 heterocycles. The number of nitriles is 1. The fraction of sp³-hybridized carbons (Fsp3) is 0.500. The quantitative estimate of drug-likeness (QED) is 0.828. The molecule has 2 atom stereocenters. The molecule has 0 aliphatic carbocycles. The van der Waals surface area contributed by atoms with Gasteiger partial charge in [0.2, 0.25) is 5.91 Å². The third-order valence-electron chi connectivity index (χ3n) is 3.71. The van der Waals surface area contributed by atoms with E-state index in [0.29, 0.717) is 19.6 Å². The number of para-hydroxylation sites is 1. The zero-order chi connectivity index (χ0) is 14.4. The summed E-state index contributed by atoms with van der Waals surface area (Å²) in [6.07, 6.45) is 1.96. The summed E-state index contributed by atoms with van der Waals surface area (Å²) in [6.45, 7) is 3.13. The van der Waals surface area contributed by atoms with Crippen molar-refractivity contribution in [2.45, 2.75) is 32.3 Å². The summed E-state index contributed by atoms with van der Waals surface area (Å²) < 4.78 is 5.61. The van der Waals surface area contributed by atoms with Crippen LogP contribution in [-0.2, 0) is 9.53 Å². The van der Waals surface area contributed by atoms with Crippen molar-refractivity contribution in [2.75, 3.05) is 18.1 Å². The van der Waals surface area contributed by atoms with Gasteiger partial charge in [0, 0.05) is 18.8 Å². The van der Waals surface area contributed by atoms with Crippen molar-refractivity contribution in [1.29, 1.82) is 5.26 Å². The summed E-state index contributed by atoms with van der Waals surface area (Å²) in [4.78, 5) is 14.5. The number of benzene rings is 1. The van der Waals surface area contributed by atoms with Crippen LogP contribution in [0.1, 0.15) is 26.2 Å². The van der Waals surface area contributed by atoms with Crippen LogP contribution in [0.2, 0.25) is 0 Å². The van der Waals surface area contributed by atoms with E-state index in [4.69, 9.17) is 10.00 Å². The molecule has 0 radical (unpaired) electrons. The van der Waals surface area contributed by atoms with Gasteiger partial charge in [-0.3, -0.25) is 4.79 Å². The lowest BCUT2D eigenvalue weighted by Gasteiger charge is -2.26. The van der Waals surface area contributed by atoms with Crippen LogP contribution in [0.3, 0.4) is 0 Å². The lowest BCUT2D eigenvalue weighted by atomic mass is 9.97. The summed E-state index contributed by atoms with van der Waals surface area (Å²) in [7, 11) is 0. The molecule has 0 aromatic heterocycles. The second kappa shape index (κ2) is 7.06. The van der Waals surface area contributed by atoms with Crippen LogP contribution in [0, 0.1) is 17.2 Å². The van der Waals surface area contributed by atoms with E-state index in [9.17, 15) is 4.79 Å². The molecule has 1 amide bonds. The van der Waals surface area contributed by atoms with Gasteiger partial charge in [0.15, 0.2) is 0 Å². The molecule has 2 unspecified atom stereocenters. The van der Waals surface area contributed by atoms with E-state index >= 15 is 0 Å². The van der Waals surface area contributed by atoms with Crippen LogP contribution >= 0.6 is 0 Å². The summed E-state index contributed by atoms with van der Waals surface area (Å²) in [5.41, 5.74) is 0.856. The number of carbonyl (C=O) groups excluding carboxylic acids is 1. The Morgan fingerprint density at radius 3 is 2.85 bits per heavy atom. The number of rotatable bonds is 5. The van der Waals surface area contributed by atoms with Crippen molar-refractivity contribution in [3.63, 3.8) is 0 Å². The summed E-state index contributed by atoms with van der Waals surface area (Å²) in [5, 5.41) is 8.79. The Labute approximate surface area is 120 Å². The van der Waals surface area contributed by atoms with Gasteiger partial charge in [0.05, 0.1) is 24.5 Å². The van der Waals surface area contributed by atoms with Gasteiger partial charge in [0.1, 0.15) is 0 Å². The molecule has 1 aromatic carbocycles. The van der Waals surface area contributed by atoms with Crippen molar-refractivity contribution < 1.29 is 9.53 Å². The fourth-order valence-corrected chi connectivity index (χ4v) is 2.67. The van der Waals surface area contributed by atoms with Crippen molar-refractivity contribution in [3.8, 4) is 6.07 Å². The van der Waals surface area contributed by atoms with Gasteiger partial charge in [-0.05, 0) is 25.0 Å². The predicted molar refractivity (Wildman–Crippen MR) is 77.2 cm³/mol. The minimum atomic E-state index is -0.0844. The third kappa shape index (κ3) is 3.17. The van der Waals surface area contributed by atoms with Crippen LogP contribution < -0.4 is 4.90 Å². The van der Waals surface area contributed by atoms with Crippen LogP contribution in [-0.4, -0.2) is 25.2 Å². The zero-order valence-corrected chi connectivity index (χ0v) is 11.8. The Kier molecular flexibility index (Phi) is 5.14. The minimum Gasteiger partial charge on any atom is -0.377 e. The molecule has 106 valence electrons. The molecule has 0 bridgehead atoms. The molecule has 20 heavy (non-hydrogen) atoms. The first-order chi connectivity index (χ1) is 9.77. The second-order valence-electron chi connectivity index (χ2n) is 4.95. The largest absolute Gasteiger partial charge is 0.377 e. The molecule has 0 spiro atoms. The van der Waals surface area contributed by atoms with E-state index in [0.717, 1.165) is 18.5 Å². The smallest absolute Gasteiger partial charge is 0.232 e. The number of carbonyl (C=O) groups is 1. The summed E-state index contributed by atoms with van der Waals surface area (Å²) >= 11 is 0. The lowest BCUT2D eigenvalue weighted by molar-refractivity contribution is -0.124. The topological polar surface area (TPSA) is 53.3 Å². The Hall–Kier alpha value is -1.86. The van der Waals surface area contributed by atoms with E-state index in [-0.39, 0.29) is 17.9 Å². The van der Waals surface area contributed by atoms with Gasteiger partial charge in [-0.25, -0.2) is 0 Å². The normalized spacial score (nSPS) is 21.4. The number of nitrogens with zero attached hydrogens (tertiary/aromatic N) is 2. The molecule has 1 aliphatic rings. The highest BCUT2D eigenvalue weighted by atomic mass is 16.5. The van der Waals surface area contributed by atoms with Gasteiger partial charge in [0.25, 0.3) is 0 Å². The molecule has 4 heteroatoms. The molecule has 1 saturated heterocycles. The van der Waals surface area contributed by atoms with Crippen molar-refractivity contribution in [1.82, 2.24) is 0 Å². The average molecular weight is 272 g/mol. The highest BCUT2D eigenvalue weighted by Gasteiger charge is 2.35. The monoisotopic (exact) mass is 272 g/mol. The van der Waals surface area contributed by atoms with Gasteiger partial charge in [-0.2, -0.15) is 5.26 Å². The van der Waals surface area contributed by atoms with Crippen molar-refractivity contribution in [2.24, 2.45) is 5.92 Å². The van der Waals surface area contributed by atoms with E-state index in [1.807, 2.05) is 37.3 Å². The fourth-order valence-electron chi connectivity index (χ4n) is 2.67. The Balaban J connectivity index is 2.18. The maximum absolute atomic E-state index is 12.8. The second-order valence-corrected chi connectivity index (χ2v) is 4.95. The standard InChI is InChI=1S/C16H20N2O2/c1-2-15-14(9-12-20-15)16(19)18(11-6-10-17)13-7-4-3-5-8-13/h3-5,7-8,14-15H,2,6,9,11-12H2,1H3. The summed E-state index contributed by atoms with van der Waals surface area (Å²) in [5.74, 6) is -0.00491. The molecule has 0 N–H and O–H groups in total. The number of anilines is 1. The summed E-state index contributed by atoms with van der Waals surface area (Å²) in [6, 6.07) is 11.7. The molecule has 1 aliphatic heterocycles. The van der Waals surface area contributed by atoms with Crippen LogP contribution in [0.15, 0.2) is 30.3 Å². The third-order valence-corrected chi connectivity index (χ3v) is 3.71. The van der Waals surface area contributed by atoms with E-state index in [2.05, 4.69) is 6.07 Å². The lowest BCUT2D eigenvalue weighted by Crippen LogP contribution is -2.40. The molecular formula is C16H20N2O2. The molecule has 1 aromatic rings. The van der Waals surface area contributed by atoms with E-state index in [1.54, 1.807) is 4.90 Å². The molecule has 4 nitrogen and oxygen atoms in total. The Morgan fingerprint density at radius 2 is 2.20 bits per heavy atom. The SMILES string of the molecule is CCC1OCCC1C(=O)N(CCC#N)c1ccccc1. The van der Waals surface area contributed by atoms with Gasteiger partial charge < -0.3 is 9.64 Å². The predicted octanol–water partition coefficient (Wildman–Crippen LogP) is 2.75. The van der Waals surface area contributed by atoms with Crippen LogP contribution in [0.4, 0.5) is 5.69 Å². The van der Waals surface area contributed by atoms with Crippen LogP contribution in [0.5, 0.6) is 0 Å². The first-order valence-electron chi connectivity index (χ1n) is 7.13. The first kappa shape index (κ1) is 14.5. The minimum absolute atomic E-state index is 0.01000. The number of hydrogen-bond donors (Lipinski definition) is 0. The van der Waals surface area contributed by atoms with Gasteiger partial charge >= 0.3 is 0 Å². The number of amides is 1. The van der Waals surface area contributed by atoms with Gasteiger partial charge in [-0.1, -0.05) is 25.1 Å². The Morgan fingerprint density at radius 1 is 1.45 bits per heavy atom. The van der Waals surface area contributed by atoms with E-state index < -0.39 is 0 Å². The number of hydrogen-bond acceptors (Lipinski definition) is 3.